The highest BCUT2D eigenvalue weighted by Crippen LogP contribution is 2.62. The normalized spacial score (nSPS) is 24.6. The van der Waals surface area contributed by atoms with Gasteiger partial charge in [-0.05, 0) is 30.1 Å². The van der Waals surface area contributed by atoms with Crippen LogP contribution in [-0.4, -0.2) is 18.1 Å². The van der Waals surface area contributed by atoms with Gasteiger partial charge in [0.05, 0.1) is 0 Å². The molecule has 0 amide bonds. The Morgan fingerprint density at radius 1 is 1.00 bits per heavy atom. The van der Waals surface area contributed by atoms with Crippen LogP contribution in [-0.2, 0) is 0 Å². The second kappa shape index (κ2) is 3.46. The van der Waals surface area contributed by atoms with Crippen molar-refractivity contribution in [3.8, 4) is 0 Å². The molecule has 96 valence electrons. The third-order valence-corrected chi connectivity index (χ3v) is 5.51. The van der Waals surface area contributed by atoms with Crippen LogP contribution in [0.4, 0.5) is 0 Å². The van der Waals surface area contributed by atoms with E-state index >= 15 is 0 Å². The fraction of sp³-hybridized carbons (Fsp3) is 1.00. The number of hydrogen-bond donors (Lipinski definition) is 2. The van der Waals surface area contributed by atoms with Gasteiger partial charge in [-0.2, -0.15) is 0 Å². The lowest BCUT2D eigenvalue weighted by Gasteiger charge is -2.39. The molecule has 0 heterocycles. The Labute approximate surface area is 101 Å². The standard InChI is InChI=1S/C14H30N2/c1-11(2,14(7,8)15)9-16-10-12(3,4)13(10,5)6/h10,16H,9,15H2,1-8H3. The SMILES string of the molecule is CC(C)(N)C(C)(C)CNC1C(C)(C)C1(C)C. The van der Waals surface area contributed by atoms with E-state index < -0.39 is 0 Å². The highest BCUT2D eigenvalue weighted by atomic mass is 15.1. The lowest BCUT2D eigenvalue weighted by atomic mass is 9.75. The molecule has 1 fully saturated rings. The summed E-state index contributed by atoms with van der Waals surface area (Å²) < 4.78 is 0. The van der Waals surface area contributed by atoms with Crippen LogP contribution in [0.15, 0.2) is 0 Å². The maximum absolute atomic E-state index is 6.22. The summed E-state index contributed by atoms with van der Waals surface area (Å²) in [7, 11) is 0. The first kappa shape index (κ1) is 14.0. The Morgan fingerprint density at radius 3 is 1.62 bits per heavy atom. The number of hydrogen-bond acceptors (Lipinski definition) is 2. The molecular formula is C14H30N2. The van der Waals surface area contributed by atoms with Crippen LogP contribution in [0.25, 0.3) is 0 Å². The third-order valence-electron chi connectivity index (χ3n) is 5.51. The Balaban J connectivity index is 2.56. The van der Waals surface area contributed by atoms with Gasteiger partial charge in [-0.25, -0.2) is 0 Å². The molecule has 0 aromatic carbocycles. The first-order valence-electron chi connectivity index (χ1n) is 6.36. The number of rotatable bonds is 4. The zero-order chi connectivity index (χ0) is 13.0. The van der Waals surface area contributed by atoms with E-state index in [1.165, 1.54) is 0 Å². The Morgan fingerprint density at radius 2 is 1.38 bits per heavy atom. The van der Waals surface area contributed by atoms with Gasteiger partial charge in [0.25, 0.3) is 0 Å². The molecule has 2 nitrogen and oxygen atoms in total. The van der Waals surface area contributed by atoms with Gasteiger partial charge in [0.2, 0.25) is 0 Å². The van der Waals surface area contributed by atoms with Gasteiger partial charge in [0, 0.05) is 18.1 Å². The van der Waals surface area contributed by atoms with Gasteiger partial charge in [-0.1, -0.05) is 41.5 Å². The molecule has 0 saturated heterocycles. The average molecular weight is 226 g/mol. The molecule has 0 atom stereocenters. The summed E-state index contributed by atoms with van der Waals surface area (Å²) in [5, 5.41) is 3.70. The molecule has 1 saturated carbocycles. The summed E-state index contributed by atoms with van der Waals surface area (Å²) in [6.45, 7) is 19.0. The van der Waals surface area contributed by atoms with Crippen molar-refractivity contribution in [3.63, 3.8) is 0 Å². The van der Waals surface area contributed by atoms with Crippen LogP contribution in [0.5, 0.6) is 0 Å². The Kier molecular flexibility index (Phi) is 3.02. The number of nitrogens with two attached hydrogens (primary N) is 1. The van der Waals surface area contributed by atoms with Gasteiger partial charge in [0.1, 0.15) is 0 Å². The molecule has 0 spiro atoms. The van der Waals surface area contributed by atoms with E-state index in [1.807, 2.05) is 0 Å². The second-order valence-electron chi connectivity index (χ2n) is 7.86. The quantitative estimate of drug-likeness (QED) is 0.773. The molecular weight excluding hydrogens is 196 g/mol. The van der Waals surface area contributed by atoms with E-state index in [-0.39, 0.29) is 11.0 Å². The molecule has 16 heavy (non-hydrogen) atoms. The minimum Gasteiger partial charge on any atom is -0.325 e. The van der Waals surface area contributed by atoms with Crippen LogP contribution in [0.1, 0.15) is 55.4 Å². The van der Waals surface area contributed by atoms with Crippen molar-refractivity contribution < 1.29 is 0 Å². The number of nitrogens with one attached hydrogen (secondary N) is 1. The molecule has 0 bridgehead atoms. The minimum atomic E-state index is -0.150. The summed E-state index contributed by atoms with van der Waals surface area (Å²) in [5.41, 5.74) is 6.99. The van der Waals surface area contributed by atoms with E-state index in [0.29, 0.717) is 16.9 Å². The molecule has 2 heteroatoms. The molecule has 1 aliphatic rings. The molecule has 1 aliphatic carbocycles. The fourth-order valence-corrected chi connectivity index (χ4v) is 2.29. The van der Waals surface area contributed by atoms with Crippen LogP contribution >= 0.6 is 0 Å². The van der Waals surface area contributed by atoms with E-state index in [2.05, 4.69) is 60.7 Å². The van der Waals surface area contributed by atoms with E-state index in [9.17, 15) is 0 Å². The highest BCUT2D eigenvalue weighted by Gasteiger charge is 2.64. The summed E-state index contributed by atoms with van der Waals surface area (Å²) in [5.74, 6) is 0. The highest BCUT2D eigenvalue weighted by molar-refractivity contribution is 5.18. The van der Waals surface area contributed by atoms with E-state index in [0.717, 1.165) is 6.54 Å². The van der Waals surface area contributed by atoms with Gasteiger partial charge in [-0.15, -0.1) is 0 Å². The van der Waals surface area contributed by atoms with Crippen molar-refractivity contribution in [1.29, 1.82) is 0 Å². The van der Waals surface area contributed by atoms with E-state index in [1.54, 1.807) is 0 Å². The van der Waals surface area contributed by atoms with Crippen molar-refractivity contribution in [2.75, 3.05) is 6.54 Å². The maximum Gasteiger partial charge on any atom is 0.0181 e. The zero-order valence-corrected chi connectivity index (χ0v) is 12.4. The van der Waals surface area contributed by atoms with Gasteiger partial charge >= 0.3 is 0 Å². The van der Waals surface area contributed by atoms with Gasteiger partial charge in [0.15, 0.2) is 0 Å². The lowest BCUT2D eigenvalue weighted by molar-refractivity contribution is 0.191. The predicted molar refractivity (Wildman–Crippen MR) is 71.4 cm³/mol. The van der Waals surface area contributed by atoms with Crippen molar-refractivity contribution in [2.45, 2.75) is 67.0 Å². The maximum atomic E-state index is 6.22. The Bertz CT molecular complexity index is 255. The lowest BCUT2D eigenvalue weighted by Crippen LogP contribution is -2.52. The first-order chi connectivity index (χ1) is 6.84. The monoisotopic (exact) mass is 226 g/mol. The molecule has 3 N–H and O–H groups in total. The van der Waals surface area contributed by atoms with Gasteiger partial charge in [-0.3, -0.25) is 0 Å². The molecule has 1 rings (SSSR count). The van der Waals surface area contributed by atoms with Crippen molar-refractivity contribution >= 4 is 0 Å². The minimum absolute atomic E-state index is 0.113. The molecule has 0 aromatic rings. The fourth-order valence-electron chi connectivity index (χ4n) is 2.29. The van der Waals surface area contributed by atoms with Crippen LogP contribution < -0.4 is 11.1 Å². The van der Waals surface area contributed by atoms with Crippen LogP contribution in [0, 0.1) is 16.2 Å². The molecule has 0 aliphatic heterocycles. The van der Waals surface area contributed by atoms with E-state index in [4.69, 9.17) is 5.73 Å². The van der Waals surface area contributed by atoms with Crippen LogP contribution in [0.3, 0.4) is 0 Å². The third kappa shape index (κ3) is 2.02. The smallest absolute Gasteiger partial charge is 0.0181 e. The average Bonchev–Trinajstić information content (AvgIpc) is 2.37. The Hall–Kier alpha value is -0.0800. The van der Waals surface area contributed by atoms with Crippen molar-refractivity contribution in [2.24, 2.45) is 22.0 Å². The summed E-state index contributed by atoms with van der Waals surface area (Å²) in [6, 6.07) is 0.613. The summed E-state index contributed by atoms with van der Waals surface area (Å²) in [6.07, 6.45) is 0. The molecule has 0 radical (unpaired) electrons. The predicted octanol–water partition coefficient (Wildman–Crippen LogP) is 2.77. The first-order valence-corrected chi connectivity index (χ1v) is 6.36. The molecule has 0 aromatic heterocycles. The van der Waals surface area contributed by atoms with Crippen molar-refractivity contribution in [1.82, 2.24) is 5.32 Å². The topological polar surface area (TPSA) is 38.0 Å². The van der Waals surface area contributed by atoms with Gasteiger partial charge < -0.3 is 11.1 Å². The van der Waals surface area contributed by atoms with Crippen molar-refractivity contribution in [3.05, 3.63) is 0 Å². The largest absolute Gasteiger partial charge is 0.325 e. The second-order valence-corrected chi connectivity index (χ2v) is 7.86. The summed E-state index contributed by atoms with van der Waals surface area (Å²) >= 11 is 0. The van der Waals surface area contributed by atoms with Crippen LogP contribution in [0.2, 0.25) is 0 Å². The molecule has 0 unspecified atom stereocenters. The zero-order valence-electron chi connectivity index (χ0n) is 12.4. The summed E-state index contributed by atoms with van der Waals surface area (Å²) in [4.78, 5) is 0.